The molecule has 1 aromatic heterocycles. The van der Waals surface area contributed by atoms with Crippen LogP contribution in [0.5, 0.6) is 5.75 Å². The van der Waals surface area contributed by atoms with Gasteiger partial charge in [0.2, 0.25) is 0 Å². The lowest BCUT2D eigenvalue weighted by Gasteiger charge is -2.28. The Bertz CT molecular complexity index is 644. The zero-order valence-corrected chi connectivity index (χ0v) is 14.0. The Morgan fingerprint density at radius 1 is 1.26 bits per heavy atom. The summed E-state index contributed by atoms with van der Waals surface area (Å²) in [5, 5.41) is 0.532. The van der Waals surface area contributed by atoms with Gasteiger partial charge in [-0.25, -0.2) is 0 Å². The summed E-state index contributed by atoms with van der Waals surface area (Å²) in [6, 6.07) is 10.2. The van der Waals surface area contributed by atoms with Gasteiger partial charge in [0.15, 0.2) is 0 Å². The van der Waals surface area contributed by atoms with Gasteiger partial charge < -0.3 is 9.47 Å². The second-order valence-corrected chi connectivity index (χ2v) is 6.06. The minimum atomic E-state index is -0.0767. The summed E-state index contributed by atoms with van der Waals surface area (Å²) in [7, 11) is 0. The van der Waals surface area contributed by atoms with Gasteiger partial charge in [-0.1, -0.05) is 35.9 Å². The summed E-state index contributed by atoms with van der Waals surface area (Å²) < 4.78 is 11.5. The smallest absolute Gasteiger partial charge is 0.141 e. The van der Waals surface area contributed by atoms with E-state index in [4.69, 9.17) is 21.1 Å². The highest BCUT2D eigenvalue weighted by molar-refractivity contribution is 6.31. The van der Waals surface area contributed by atoms with Crippen LogP contribution in [0.4, 0.5) is 0 Å². The topological polar surface area (TPSA) is 34.6 Å². The van der Waals surface area contributed by atoms with Crippen molar-refractivity contribution in [3.63, 3.8) is 0 Å². The Hall–Kier alpha value is -1.62. The molecule has 3 rings (SSSR count). The van der Waals surface area contributed by atoms with Crippen molar-refractivity contribution in [3.05, 3.63) is 58.9 Å². The zero-order chi connectivity index (χ0) is 16.1. The molecule has 0 aliphatic carbocycles. The normalized spacial score (nSPS) is 17.0. The van der Waals surface area contributed by atoms with E-state index < -0.39 is 0 Å². The highest BCUT2D eigenvalue weighted by Crippen LogP contribution is 2.29. The largest absolute Gasteiger partial charge is 0.484 e. The van der Waals surface area contributed by atoms with Crippen LogP contribution >= 0.6 is 11.6 Å². The van der Waals surface area contributed by atoms with Crippen molar-refractivity contribution < 1.29 is 9.47 Å². The van der Waals surface area contributed by atoms with Crippen molar-refractivity contribution in [3.8, 4) is 5.75 Å². The Balaban J connectivity index is 1.75. The van der Waals surface area contributed by atoms with E-state index in [0.717, 1.165) is 32.8 Å². The van der Waals surface area contributed by atoms with Gasteiger partial charge >= 0.3 is 0 Å². The molecule has 1 aromatic carbocycles. The number of morpholine rings is 1. The first-order valence-electron chi connectivity index (χ1n) is 7.88. The summed E-state index contributed by atoms with van der Waals surface area (Å²) in [6.07, 6.45) is 3.21. The molecule has 0 unspecified atom stereocenters. The molecule has 2 heterocycles. The Morgan fingerprint density at radius 3 is 2.83 bits per heavy atom. The van der Waals surface area contributed by atoms with E-state index in [-0.39, 0.29) is 6.10 Å². The highest BCUT2D eigenvalue weighted by atomic mass is 35.5. The quantitative estimate of drug-likeness (QED) is 0.836. The van der Waals surface area contributed by atoms with Gasteiger partial charge in [-0.15, -0.1) is 0 Å². The molecule has 1 saturated heterocycles. The fourth-order valence-electron chi connectivity index (χ4n) is 2.79. The second kappa shape index (κ2) is 7.77. The maximum atomic E-state index is 6.14. The summed E-state index contributed by atoms with van der Waals surface area (Å²) in [5.74, 6) is 0.662. The Kier molecular flexibility index (Phi) is 5.49. The molecule has 1 aliphatic rings. The van der Waals surface area contributed by atoms with Crippen LogP contribution in [0, 0.1) is 0 Å². The van der Waals surface area contributed by atoms with Gasteiger partial charge in [-0.05, 0) is 18.1 Å². The first-order chi connectivity index (χ1) is 11.2. The van der Waals surface area contributed by atoms with Crippen molar-refractivity contribution in [2.75, 3.05) is 26.3 Å². The van der Waals surface area contributed by atoms with Crippen LogP contribution in [-0.2, 0) is 11.3 Å². The van der Waals surface area contributed by atoms with Crippen molar-refractivity contribution in [1.29, 1.82) is 0 Å². The van der Waals surface area contributed by atoms with Crippen LogP contribution in [0.3, 0.4) is 0 Å². The van der Waals surface area contributed by atoms with E-state index in [0.29, 0.717) is 10.8 Å². The van der Waals surface area contributed by atoms with E-state index in [2.05, 4.69) is 35.0 Å². The molecule has 1 fully saturated rings. The average molecular weight is 333 g/mol. The highest BCUT2D eigenvalue weighted by Gasteiger charge is 2.17. The minimum Gasteiger partial charge on any atom is -0.484 e. The summed E-state index contributed by atoms with van der Waals surface area (Å²) in [5.41, 5.74) is 2.47. The average Bonchev–Trinajstić information content (AvgIpc) is 2.58. The van der Waals surface area contributed by atoms with Crippen LogP contribution in [0.15, 0.2) is 42.7 Å². The lowest BCUT2D eigenvalue weighted by Crippen LogP contribution is -2.36. The predicted octanol–water partition coefficient (Wildman–Crippen LogP) is 3.71. The predicted molar refractivity (Wildman–Crippen MR) is 90.8 cm³/mol. The molecular formula is C18H21ClN2O2. The second-order valence-electron chi connectivity index (χ2n) is 5.65. The van der Waals surface area contributed by atoms with E-state index in [1.54, 1.807) is 18.5 Å². The van der Waals surface area contributed by atoms with Gasteiger partial charge in [0.1, 0.15) is 16.9 Å². The van der Waals surface area contributed by atoms with Gasteiger partial charge in [0.25, 0.3) is 0 Å². The van der Waals surface area contributed by atoms with E-state index in [1.165, 1.54) is 11.1 Å². The SMILES string of the molecule is C[C@@H](Oc1ccncc1Cl)c1ccccc1CN1CCOCC1. The molecule has 2 aromatic rings. The number of nitrogens with zero attached hydrogens (tertiary/aromatic N) is 2. The van der Waals surface area contributed by atoms with Gasteiger partial charge in [-0.3, -0.25) is 9.88 Å². The monoisotopic (exact) mass is 332 g/mol. The standard InChI is InChI=1S/C18H21ClN2O2/c1-14(23-18-6-7-20-12-17(18)19)16-5-3-2-4-15(16)13-21-8-10-22-11-9-21/h2-7,12,14H,8-11,13H2,1H3/t14-/m1/s1. The van der Waals surface area contributed by atoms with Crippen molar-refractivity contribution in [2.24, 2.45) is 0 Å². The van der Waals surface area contributed by atoms with Crippen molar-refractivity contribution in [2.45, 2.75) is 19.6 Å². The molecule has 5 heteroatoms. The number of halogens is 1. The zero-order valence-electron chi connectivity index (χ0n) is 13.2. The van der Waals surface area contributed by atoms with Gasteiger partial charge in [0, 0.05) is 38.1 Å². The molecule has 1 atom stereocenters. The third-order valence-electron chi connectivity index (χ3n) is 4.03. The molecule has 0 bridgehead atoms. The van der Waals surface area contributed by atoms with E-state index in [9.17, 15) is 0 Å². The van der Waals surface area contributed by atoms with Crippen LogP contribution < -0.4 is 4.74 Å². The molecule has 23 heavy (non-hydrogen) atoms. The molecule has 1 aliphatic heterocycles. The van der Waals surface area contributed by atoms with Crippen LogP contribution in [-0.4, -0.2) is 36.2 Å². The molecule has 0 amide bonds. The number of aromatic nitrogens is 1. The maximum Gasteiger partial charge on any atom is 0.141 e. The molecule has 0 spiro atoms. The fraction of sp³-hybridized carbons (Fsp3) is 0.389. The summed E-state index contributed by atoms with van der Waals surface area (Å²) in [4.78, 5) is 6.40. The molecule has 4 nitrogen and oxygen atoms in total. The lowest BCUT2D eigenvalue weighted by atomic mass is 10.0. The van der Waals surface area contributed by atoms with Gasteiger partial charge in [-0.2, -0.15) is 0 Å². The van der Waals surface area contributed by atoms with Gasteiger partial charge in [0.05, 0.1) is 13.2 Å². The number of benzene rings is 1. The Labute approximate surface area is 142 Å². The van der Waals surface area contributed by atoms with Crippen molar-refractivity contribution in [1.82, 2.24) is 9.88 Å². The number of rotatable bonds is 5. The first-order valence-corrected chi connectivity index (χ1v) is 8.26. The molecule has 0 N–H and O–H groups in total. The summed E-state index contributed by atoms with van der Waals surface area (Å²) >= 11 is 6.14. The van der Waals surface area contributed by atoms with Crippen LogP contribution in [0.1, 0.15) is 24.2 Å². The summed E-state index contributed by atoms with van der Waals surface area (Å²) in [6.45, 7) is 6.52. The molecule has 0 saturated carbocycles. The van der Waals surface area contributed by atoms with Crippen molar-refractivity contribution >= 4 is 11.6 Å². The first kappa shape index (κ1) is 16.2. The number of hydrogen-bond donors (Lipinski definition) is 0. The molecule has 0 radical (unpaired) electrons. The maximum absolute atomic E-state index is 6.14. The Morgan fingerprint density at radius 2 is 2.04 bits per heavy atom. The van der Waals surface area contributed by atoms with Crippen LogP contribution in [0.2, 0.25) is 5.02 Å². The lowest BCUT2D eigenvalue weighted by molar-refractivity contribution is 0.0338. The van der Waals surface area contributed by atoms with E-state index in [1.807, 2.05) is 6.07 Å². The number of pyridine rings is 1. The fourth-order valence-corrected chi connectivity index (χ4v) is 2.95. The third-order valence-corrected chi connectivity index (χ3v) is 4.31. The molecule has 122 valence electrons. The minimum absolute atomic E-state index is 0.0767. The molecular weight excluding hydrogens is 312 g/mol. The number of ether oxygens (including phenoxy) is 2. The third kappa shape index (κ3) is 4.22. The number of hydrogen-bond acceptors (Lipinski definition) is 4. The van der Waals surface area contributed by atoms with Crippen LogP contribution in [0.25, 0.3) is 0 Å². The van der Waals surface area contributed by atoms with E-state index >= 15 is 0 Å².